The Labute approximate surface area is 76.2 Å². The highest BCUT2D eigenvalue weighted by molar-refractivity contribution is 5.79. The van der Waals surface area contributed by atoms with Gasteiger partial charge in [-0.15, -0.1) is 0 Å². The molecule has 0 aliphatic heterocycles. The Morgan fingerprint density at radius 3 is 2.77 bits per heavy atom. The van der Waals surface area contributed by atoms with E-state index < -0.39 is 11.9 Å². The molecule has 1 aromatic rings. The van der Waals surface area contributed by atoms with E-state index in [1.807, 2.05) is 0 Å². The average molecular weight is 180 g/mol. The minimum absolute atomic E-state index is 0.161. The molecule has 0 bridgehead atoms. The van der Waals surface area contributed by atoms with Crippen LogP contribution in [0.4, 0.5) is 0 Å². The number of primary amides is 1. The summed E-state index contributed by atoms with van der Waals surface area (Å²) in [6.07, 6.45) is 0.351. The van der Waals surface area contributed by atoms with Gasteiger partial charge < -0.3 is 16.6 Å². The number of nitrogens with two attached hydrogens (primary N) is 2. The summed E-state index contributed by atoms with van der Waals surface area (Å²) < 4.78 is 0. The summed E-state index contributed by atoms with van der Waals surface area (Å²) in [7, 11) is 0. The molecule has 0 saturated heterocycles. The van der Waals surface area contributed by atoms with Gasteiger partial charge in [0.2, 0.25) is 5.91 Å². The number of aromatic hydroxyl groups is 1. The van der Waals surface area contributed by atoms with E-state index in [4.69, 9.17) is 16.6 Å². The van der Waals surface area contributed by atoms with Gasteiger partial charge in [0.1, 0.15) is 5.75 Å². The topological polar surface area (TPSA) is 89.3 Å². The highest BCUT2D eigenvalue weighted by Gasteiger charge is 2.09. The van der Waals surface area contributed by atoms with Crippen LogP contribution in [0.3, 0.4) is 0 Å². The number of amides is 1. The van der Waals surface area contributed by atoms with Crippen molar-refractivity contribution in [3.63, 3.8) is 0 Å². The Balaban J connectivity index is 2.69. The van der Waals surface area contributed by atoms with E-state index in [-0.39, 0.29) is 5.75 Å². The molecule has 0 spiro atoms. The van der Waals surface area contributed by atoms with Crippen molar-refractivity contribution in [3.05, 3.63) is 29.8 Å². The average Bonchev–Trinajstić information content (AvgIpc) is 2.04. The molecule has 70 valence electrons. The van der Waals surface area contributed by atoms with Crippen molar-refractivity contribution in [1.82, 2.24) is 0 Å². The third-order valence-corrected chi connectivity index (χ3v) is 1.73. The van der Waals surface area contributed by atoms with Gasteiger partial charge in [-0.2, -0.15) is 0 Å². The maximum Gasteiger partial charge on any atom is 0.234 e. The predicted molar refractivity (Wildman–Crippen MR) is 49.0 cm³/mol. The van der Waals surface area contributed by atoms with E-state index in [0.29, 0.717) is 6.42 Å². The van der Waals surface area contributed by atoms with Gasteiger partial charge in [0, 0.05) is 0 Å². The number of benzene rings is 1. The Kier molecular flexibility index (Phi) is 2.87. The molecule has 0 fully saturated rings. The van der Waals surface area contributed by atoms with Crippen LogP contribution in [-0.2, 0) is 11.2 Å². The molecule has 4 nitrogen and oxygen atoms in total. The van der Waals surface area contributed by atoms with Gasteiger partial charge >= 0.3 is 0 Å². The van der Waals surface area contributed by atoms with E-state index >= 15 is 0 Å². The fourth-order valence-electron chi connectivity index (χ4n) is 1.04. The van der Waals surface area contributed by atoms with E-state index in [1.54, 1.807) is 24.3 Å². The second-order valence-corrected chi connectivity index (χ2v) is 2.88. The summed E-state index contributed by atoms with van der Waals surface area (Å²) in [5, 5.41) is 9.11. The van der Waals surface area contributed by atoms with Crippen LogP contribution in [0.2, 0.25) is 0 Å². The van der Waals surface area contributed by atoms with E-state index in [0.717, 1.165) is 5.56 Å². The summed E-state index contributed by atoms with van der Waals surface area (Å²) >= 11 is 0. The maximum atomic E-state index is 10.6. The lowest BCUT2D eigenvalue weighted by atomic mass is 10.1. The number of carbonyl (C=O) groups excluding carboxylic acids is 1. The Morgan fingerprint density at radius 2 is 2.23 bits per heavy atom. The smallest absolute Gasteiger partial charge is 0.234 e. The zero-order valence-electron chi connectivity index (χ0n) is 7.10. The van der Waals surface area contributed by atoms with Crippen molar-refractivity contribution in [3.8, 4) is 5.75 Å². The fraction of sp³-hybridized carbons (Fsp3) is 0.222. The third-order valence-electron chi connectivity index (χ3n) is 1.73. The zero-order valence-corrected chi connectivity index (χ0v) is 7.10. The third kappa shape index (κ3) is 2.76. The molecule has 1 atom stereocenters. The van der Waals surface area contributed by atoms with E-state index in [9.17, 15) is 4.79 Å². The lowest BCUT2D eigenvalue weighted by Crippen LogP contribution is -2.38. The van der Waals surface area contributed by atoms with Gasteiger partial charge in [0.15, 0.2) is 0 Å². The van der Waals surface area contributed by atoms with Crippen LogP contribution in [0.5, 0.6) is 5.75 Å². The summed E-state index contributed by atoms with van der Waals surface area (Å²) in [5.41, 5.74) is 11.2. The molecule has 0 aromatic heterocycles. The van der Waals surface area contributed by atoms with E-state index in [2.05, 4.69) is 0 Å². The molecule has 0 aliphatic carbocycles. The largest absolute Gasteiger partial charge is 0.508 e. The second kappa shape index (κ2) is 3.91. The first-order chi connectivity index (χ1) is 6.09. The van der Waals surface area contributed by atoms with Crippen molar-refractivity contribution in [2.75, 3.05) is 0 Å². The normalized spacial score (nSPS) is 12.4. The summed E-state index contributed by atoms with van der Waals surface area (Å²) in [5.74, 6) is -0.377. The second-order valence-electron chi connectivity index (χ2n) is 2.88. The number of hydrogen-bond donors (Lipinski definition) is 3. The van der Waals surface area contributed by atoms with Crippen LogP contribution in [0.25, 0.3) is 0 Å². The molecular formula is C9H12N2O2. The van der Waals surface area contributed by atoms with Gasteiger partial charge in [-0.3, -0.25) is 4.79 Å². The van der Waals surface area contributed by atoms with Crippen LogP contribution in [0.1, 0.15) is 5.56 Å². The fourth-order valence-corrected chi connectivity index (χ4v) is 1.04. The standard InChI is InChI=1S/C9H12N2O2/c10-8(9(11)13)5-6-2-1-3-7(12)4-6/h1-4,8,12H,5,10H2,(H2,11,13)/t8-/m0/s1. The lowest BCUT2D eigenvalue weighted by molar-refractivity contribution is -0.119. The number of carbonyl (C=O) groups is 1. The summed E-state index contributed by atoms with van der Waals surface area (Å²) in [6, 6.07) is 5.89. The highest BCUT2D eigenvalue weighted by atomic mass is 16.3. The molecule has 1 amide bonds. The van der Waals surface area contributed by atoms with Crippen molar-refractivity contribution in [2.45, 2.75) is 12.5 Å². The Hall–Kier alpha value is -1.55. The highest BCUT2D eigenvalue weighted by Crippen LogP contribution is 2.11. The minimum atomic E-state index is -0.693. The number of phenolic OH excluding ortho intramolecular Hbond substituents is 1. The maximum absolute atomic E-state index is 10.6. The zero-order chi connectivity index (χ0) is 9.84. The Morgan fingerprint density at radius 1 is 1.54 bits per heavy atom. The molecule has 0 unspecified atom stereocenters. The monoisotopic (exact) mass is 180 g/mol. The number of phenols is 1. The summed E-state index contributed by atoms with van der Waals surface area (Å²) in [6.45, 7) is 0. The van der Waals surface area contributed by atoms with Crippen LogP contribution in [0, 0.1) is 0 Å². The van der Waals surface area contributed by atoms with Crippen LogP contribution >= 0.6 is 0 Å². The Bertz CT molecular complexity index is 312. The molecule has 0 saturated carbocycles. The predicted octanol–water partition coefficient (Wildman–Crippen LogP) is -0.253. The van der Waals surface area contributed by atoms with Crippen molar-refractivity contribution in [2.24, 2.45) is 11.5 Å². The van der Waals surface area contributed by atoms with Gasteiger partial charge in [-0.05, 0) is 24.1 Å². The first-order valence-electron chi connectivity index (χ1n) is 3.92. The van der Waals surface area contributed by atoms with Gasteiger partial charge in [-0.25, -0.2) is 0 Å². The van der Waals surface area contributed by atoms with Crippen LogP contribution in [0.15, 0.2) is 24.3 Å². The molecule has 0 aliphatic rings. The first-order valence-corrected chi connectivity index (χ1v) is 3.92. The summed E-state index contributed by atoms with van der Waals surface area (Å²) in [4.78, 5) is 10.6. The molecule has 1 rings (SSSR count). The van der Waals surface area contributed by atoms with Crippen LogP contribution < -0.4 is 11.5 Å². The van der Waals surface area contributed by atoms with E-state index in [1.165, 1.54) is 0 Å². The molecular weight excluding hydrogens is 168 g/mol. The quantitative estimate of drug-likeness (QED) is 0.599. The SMILES string of the molecule is NC(=O)[C@@H](N)Cc1cccc(O)c1. The van der Waals surface area contributed by atoms with Gasteiger partial charge in [0.05, 0.1) is 6.04 Å². The molecule has 5 N–H and O–H groups in total. The molecule has 4 heteroatoms. The number of rotatable bonds is 3. The molecule has 0 heterocycles. The molecule has 13 heavy (non-hydrogen) atoms. The minimum Gasteiger partial charge on any atom is -0.508 e. The molecule has 0 radical (unpaired) electrons. The van der Waals surface area contributed by atoms with Crippen molar-refractivity contribution >= 4 is 5.91 Å². The van der Waals surface area contributed by atoms with Crippen molar-refractivity contribution in [1.29, 1.82) is 0 Å². The van der Waals surface area contributed by atoms with Gasteiger partial charge in [0.25, 0.3) is 0 Å². The lowest BCUT2D eigenvalue weighted by Gasteiger charge is -2.06. The van der Waals surface area contributed by atoms with Gasteiger partial charge in [-0.1, -0.05) is 12.1 Å². The first kappa shape index (κ1) is 9.54. The number of hydrogen-bond acceptors (Lipinski definition) is 3. The van der Waals surface area contributed by atoms with Crippen molar-refractivity contribution < 1.29 is 9.90 Å². The van der Waals surface area contributed by atoms with Crippen LogP contribution in [-0.4, -0.2) is 17.1 Å². The molecule has 1 aromatic carbocycles.